The summed E-state index contributed by atoms with van der Waals surface area (Å²) in [6.07, 6.45) is 79.2. The van der Waals surface area contributed by atoms with Gasteiger partial charge in [0, 0.05) is 12.8 Å². The molecule has 0 fully saturated rings. The Morgan fingerprint density at radius 2 is 0.676 bits per heavy atom. The van der Waals surface area contributed by atoms with Gasteiger partial charge in [-0.25, -0.2) is 0 Å². The van der Waals surface area contributed by atoms with Crippen molar-refractivity contribution in [1.82, 2.24) is 5.32 Å². The quantitative estimate of drug-likeness (QED) is 0.0320. The summed E-state index contributed by atoms with van der Waals surface area (Å²) >= 11 is 0. The lowest BCUT2D eigenvalue weighted by Crippen LogP contribution is -2.45. The molecule has 438 valence electrons. The minimum absolute atomic E-state index is 0.00845. The van der Waals surface area contributed by atoms with Gasteiger partial charge in [-0.15, -0.1) is 0 Å². The summed E-state index contributed by atoms with van der Waals surface area (Å²) in [7, 11) is 0. The summed E-state index contributed by atoms with van der Waals surface area (Å²) in [4.78, 5) is 24.6. The largest absolute Gasteiger partial charge is 0.466 e. The van der Waals surface area contributed by atoms with Crippen molar-refractivity contribution in [2.24, 2.45) is 0 Å². The number of rotatable bonds is 63. The second-order valence-corrected chi connectivity index (χ2v) is 23.2. The predicted molar refractivity (Wildman–Crippen MR) is 324 cm³/mol. The van der Waals surface area contributed by atoms with Crippen molar-refractivity contribution >= 4 is 11.9 Å². The average Bonchev–Trinajstić information content (AvgIpc) is 3.40. The number of carbonyl (C=O) groups is 2. The molecule has 6 nitrogen and oxygen atoms in total. The summed E-state index contributed by atoms with van der Waals surface area (Å²) in [5, 5.41) is 23.4. The number of esters is 1. The first-order valence-corrected chi connectivity index (χ1v) is 33.6. The number of nitrogens with one attached hydrogen (secondary N) is 1. The van der Waals surface area contributed by atoms with E-state index in [1.165, 1.54) is 295 Å². The van der Waals surface area contributed by atoms with Crippen molar-refractivity contribution < 1.29 is 24.5 Å². The lowest BCUT2D eigenvalue weighted by molar-refractivity contribution is -0.143. The fraction of sp³-hybridized carbons (Fsp3) is 0.912. The molecule has 0 aliphatic rings. The van der Waals surface area contributed by atoms with Crippen molar-refractivity contribution in [3.63, 3.8) is 0 Å². The maximum Gasteiger partial charge on any atom is 0.305 e. The van der Waals surface area contributed by atoms with Gasteiger partial charge in [-0.05, 0) is 57.8 Å². The zero-order valence-electron chi connectivity index (χ0n) is 50.1. The molecule has 0 radical (unpaired) electrons. The number of aliphatic hydroxyl groups excluding tert-OH is 2. The number of ether oxygens (including phenoxy) is 1. The number of hydrogen-bond acceptors (Lipinski definition) is 5. The Labute approximate surface area is 462 Å². The van der Waals surface area contributed by atoms with E-state index in [0.717, 1.165) is 44.9 Å². The van der Waals surface area contributed by atoms with Crippen LogP contribution < -0.4 is 5.32 Å². The Hall–Kier alpha value is -1.66. The number of allylic oxidation sites excluding steroid dienone is 4. The third kappa shape index (κ3) is 59.6. The lowest BCUT2D eigenvalue weighted by Gasteiger charge is -2.22. The number of unbranched alkanes of at least 4 members (excludes halogenated alkanes) is 48. The van der Waals surface area contributed by atoms with E-state index in [2.05, 4.69) is 43.5 Å². The van der Waals surface area contributed by atoms with Gasteiger partial charge < -0.3 is 20.3 Å². The molecular formula is C68H131NO5. The van der Waals surface area contributed by atoms with Crippen LogP contribution in [0.25, 0.3) is 0 Å². The van der Waals surface area contributed by atoms with Gasteiger partial charge in [0.25, 0.3) is 0 Å². The maximum absolute atomic E-state index is 12.5. The zero-order valence-corrected chi connectivity index (χ0v) is 50.1. The highest BCUT2D eigenvalue weighted by molar-refractivity contribution is 5.76. The van der Waals surface area contributed by atoms with Crippen molar-refractivity contribution in [3.05, 3.63) is 24.3 Å². The number of aliphatic hydroxyl groups is 2. The first kappa shape index (κ1) is 72.3. The van der Waals surface area contributed by atoms with E-state index >= 15 is 0 Å². The predicted octanol–water partition coefficient (Wildman–Crippen LogP) is 21.4. The van der Waals surface area contributed by atoms with Crippen molar-refractivity contribution in [2.75, 3.05) is 13.2 Å². The number of hydrogen-bond donors (Lipinski definition) is 3. The third-order valence-corrected chi connectivity index (χ3v) is 15.8. The number of carbonyl (C=O) groups excluding carboxylic acids is 2. The SMILES string of the molecule is CCCCCCCCCCCCCCCCCCCCCCCCC(O)C(CO)NC(=O)CCCCCCCCC/C=C\C/C=C\CCCCCCCCCCCOC(=O)CCCCCCCCCCCCCC. The van der Waals surface area contributed by atoms with Crippen molar-refractivity contribution in [2.45, 2.75) is 386 Å². The highest BCUT2D eigenvalue weighted by Crippen LogP contribution is 2.18. The second-order valence-electron chi connectivity index (χ2n) is 23.2. The first-order chi connectivity index (χ1) is 36.5. The Morgan fingerprint density at radius 3 is 1.03 bits per heavy atom. The molecule has 0 rings (SSSR count). The van der Waals surface area contributed by atoms with Crippen LogP contribution in [-0.4, -0.2) is 47.4 Å². The van der Waals surface area contributed by atoms with Crippen LogP contribution in [-0.2, 0) is 14.3 Å². The van der Waals surface area contributed by atoms with Crippen LogP contribution in [0.5, 0.6) is 0 Å². The smallest absolute Gasteiger partial charge is 0.305 e. The third-order valence-electron chi connectivity index (χ3n) is 15.8. The standard InChI is InChI=1S/C68H131NO5/c1-3-5-7-9-11-13-15-17-18-19-20-21-25-28-31-34-37-40-44-48-52-56-60-66(71)65(64-70)69-67(72)61-57-53-49-45-41-38-35-32-29-26-23-22-24-27-30-33-36-39-43-47-51-55-59-63-74-68(73)62-58-54-50-46-42-16-14-12-10-8-6-4-2/h22,24,26,29,65-66,70-71H,3-21,23,25,27-28,30-64H2,1-2H3,(H,69,72)/b24-22-,29-26-. The molecule has 2 atom stereocenters. The van der Waals surface area contributed by atoms with E-state index in [-0.39, 0.29) is 18.5 Å². The van der Waals surface area contributed by atoms with Gasteiger partial charge in [-0.2, -0.15) is 0 Å². The molecule has 0 aromatic carbocycles. The molecule has 0 heterocycles. The molecule has 0 saturated carbocycles. The maximum atomic E-state index is 12.5. The van der Waals surface area contributed by atoms with Gasteiger partial charge in [0.1, 0.15) is 0 Å². The van der Waals surface area contributed by atoms with E-state index in [1.807, 2.05) is 0 Å². The van der Waals surface area contributed by atoms with E-state index in [9.17, 15) is 19.8 Å². The van der Waals surface area contributed by atoms with E-state index in [0.29, 0.717) is 25.9 Å². The summed E-state index contributed by atoms with van der Waals surface area (Å²) in [5.41, 5.74) is 0. The summed E-state index contributed by atoms with van der Waals surface area (Å²) in [5.74, 6) is -0.0329. The van der Waals surface area contributed by atoms with Crippen molar-refractivity contribution in [1.29, 1.82) is 0 Å². The van der Waals surface area contributed by atoms with Crippen LogP contribution in [0.2, 0.25) is 0 Å². The van der Waals surface area contributed by atoms with Crippen molar-refractivity contribution in [3.8, 4) is 0 Å². The van der Waals surface area contributed by atoms with Gasteiger partial charge >= 0.3 is 5.97 Å². The molecule has 0 saturated heterocycles. The van der Waals surface area contributed by atoms with Crippen LogP contribution in [0.4, 0.5) is 0 Å². The highest BCUT2D eigenvalue weighted by Gasteiger charge is 2.20. The van der Waals surface area contributed by atoms with Gasteiger partial charge in [0.05, 0.1) is 25.4 Å². The van der Waals surface area contributed by atoms with Crippen LogP contribution in [0.15, 0.2) is 24.3 Å². The minimum Gasteiger partial charge on any atom is -0.466 e. The molecule has 0 bridgehead atoms. The minimum atomic E-state index is -0.672. The van der Waals surface area contributed by atoms with Crippen LogP contribution in [0.1, 0.15) is 373 Å². The van der Waals surface area contributed by atoms with E-state index in [4.69, 9.17) is 4.74 Å². The molecule has 0 aliphatic carbocycles. The van der Waals surface area contributed by atoms with Gasteiger partial charge in [0.15, 0.2) is 0 Å². The molecule has 2 unspecified atom stereocenters. The van der Waals surface area contributed by atoms with Gasteiger partial charge in [-0.3, -0.25) is 9.59 Å². The normalized spacial score (nSPS) is 12.6. The Bertz CT molecular complexity index is 1150. The Kier molecular flexibility index (Phi) is 62.4. The Morgan fingerprint density at radius 1 is 0.378 bits per heavy atom. The highest BCUT2D eigenvalue weighted by atomic mass is 16.5. The monoisotopic (exact) mass is 1040 g/mol. The molecule has 0 spiro atoms. The summed E-state index contributed by atoms with van der Waals surface area (Å²) < 4.78 is 5.47. The molecular weight excluding hydrogens is 911 g/mol. The summed E-state index contributed by atoms with van der Waals surface area (Å²) in [6, 6.07) is -0.550. The average molecular weight is 1040 g/mol. The molecule has 3 N–H and O–H groups in total. The Balaban J connectivity index is 3.45. The van der Waals surface area contributed by atoms with Crippen LogP contribution >= 0.6 is 0 Å². The van der Waals surface area contributed by atoms with Gasteiger partial charge in [0.2, 0.25) is 5.91 Å². The van der Waals surface area contributed by atoms with E-state index < -0.39 is 12.1 Å². The molecule has 1 amide bonds. The van der Waals surface area contributed by atoms with Crippen LogP contribution in [0, 0.1) is 0 Å². The van der Waals surface area contributed by atoms with E-state index in [1.54, 1.807) is 0 Å². The second kappa shape index (κ2) is 63.9. The molecule has 0 aliphatic heterocycles. The first-order valence-electron chi connectivity index (χ1n) is 33.6. The van der Waals surface area contributed by atoms with Gasteiger partial charge in [-0.1, -0.05) is 327 Å². The fourth-order valence-corrected chi connectivity index (χ4v) is 10.6. The van der Waals surface area contributed by atoms with Crippen LogP contribution in [0.3, 0.4) is 0 Å². The number of amides is 1. The summed E-state index contributed by atoms with van der Waals surface area (Å²) in [6.45, 7) is 4.97. The molecule has 74 heavy (non-hydrogen) atoms. The lowest BCUT2D eigenvalue weighted by atomic mass is 10.0. The fourth-order valence-electron chi connectivity index (χ4n) is 10.6. The zero-order chi connectivity index (χ0) is 53.6. The molecule has 6 heteroatoms. The molecule has 0 aromatic heterocycles. The molecule has 0 aromatic rings. The topological polar surface area (TPSA) is 95.9 Å².